The summed E-state index contributed by atoms with van der Waals surface area (Å²) in [5.41, 5.74) is 7.88. The zero-order chi connectivity index (χ0) is 14.2. The normalized spacial score (nSPS) is 12.5. The Morgan fingerprint density at radius 3 is 2.32 bits per heavy atom. The van der Waals surface area contributed by atoms with Crippen molar-refractivity contribution in [3.05, 3.63) is 69.2 Å². The quantitative estimate of drug-likeness (QED) is 0.873. The van der Waals surface area contributed by atoms with E-state index >= 15 is 0 Å². The SMILES string of the molecule is Cc1cc(C)c(C(N)c2c(F)cccc2Cl)c(F)c1. The zero-order valence-corrected chi connectivity index (χ0v) is 11.4. The van der Waals surface area contributed by atoms with E-state index in [0.717, 1.165) is 5.56 Å². The van der Waals surface area contributed by atoms with Crippen LogP contribution >= 0.6 is 11.6 Å². The van der Waals surface area contributed by atoms with Gasteiger partial charge in [-0.2, -0.15) is 0 Å². The molecule has 0 amide bonds. The first-order valence-corrected chi connectivity index (χ1v) is 6.25. The zero-order valence-electron chi connectivity index (χ0n) is 10.7. The van der Waals surface area contributed by atoms with E-state index in [1.807, 2.05) is 6.07 Å². The maximum Gasteiger partial charge on any atom is 0.129 e. The van der Waals surface area contributed by atoms with Crippen LogP contribution in [0.15, 0.2) is 30.3 Å². The third-order valence-electron chi connectivity index (χ3n) is 3.10. The van der Waals surface area contributed by atoms with Crippen LogP contribution in [0.2, 0.25) is 5.02 Å². The van der Waals surface area contributed by atoms with E-state index < -0.39 is 17.7 Å². The minimum absolute atomic E-state index is 0.120. The molecule has 1 atom stereocenters. The molecule has 1 nitrogen and oxygen atoms in total. The highest BCUT2D eigenvalue weighted by Gasteiger charge is 2.21. The molecule has 100 valence electrons. The van der Waals surface area contributed by atoms with Gasteiger partial charge in [-0.25, -0.2) is 8.78 Å². The molecule has 0 saturated carbocycles. The van der Waals surface area contributed by atoms with E-state index in [1.54, 1.807) is 19.9 Å². The lowest BCUT2D eigenvalue weighted by Crippen LogP contribution is -2.17. The Labute approximate surface area is 116 Å². The number of nitrogens with two attached hydrogens (primary N) is 1. The van der Waals surface area contributed by atoms with Gasteiger partial charge in [-0.15, -0.1) is 0 Å². The summed E-state index contributed by atoms with van der Waals surface area (Å²) in [6.07, 6.45) is 0. The highest BCUT2D eigenvalue weighted by molar-refractivity contribution is 6.31. The maximum atomic E-state index is 14.1. The maximum absolute atomic E-state index is 14.1. The lowest BCUT2D eigenvalue weighted by molar-refractivity contribution is 0.573. The summed E-state index contributed by atoms with van der Waals surface area (Å²) in [6.45, 7) is 3.54. The molecule has 0 bridgehead atoms. The minimum atomic E-state index is -0.922. The predicted octanol–water partition coefficient (Wildman–Crippen LogP) is 4.28. The summed E-state index contributed by atoms with van der Waals surface area (Å²) in [7, 11) is 0. The molecule has 0 heterocycles. The van der Waals surface area contributed by atoms with Crippen molar-refractivity contribution in [3.8, 4) is 0 Å². The highest BCUT2D eigenvalue weighted by Crippen LogP contribution is 2.32. The number of halogens is 3. The average Bonchev–Trinajstić information content (AvgIpc) is 2.26. The standard InChI is InChI=1S/C15H14ClF2N/c1-8-6-9(2)13(12(18)7-8)15(19)14-10(16)4-3-5-11(14)17/h3-7,15H,19H2,1-2H3. The fraction of sp³-hybridized carbons (Fsp3) is 0.200. The van der Waals surface area contributed by atoms with Crippen molar-refractivity contribution in [2.45, 2.75) is 19.9 Å². The minimum Gasteiger partial charge on any atom is -0.320 e. The summed E-state index contributed by atoms with van der Waals surface area (Å²) in [6, 6.07) is 6.58. The molecule has 0 aliphatic rings. The van der Waals surface area contributed by atoms with Gasteiger partial charge in [0.15, 0.2) is 0 Å². The first-order chi connectivity index (χ1) is 8.91. The van der Waals surface area contributed by atoms with Gasteiger partial charge in [-0.1, -0.05) is 23.7 Å². The largest absolute Gasteiger partial charge is 0.320 e. The molecule has 0 radical (unpaired) electrons. The first-order valence-electron chi connectivity index (χ1n) is 5.88. The van der Waals surface area contributed by atoms with Gasteiger partial charge < -0.3 is 5.73 Å². The van der Waals surface area contributed by atoms with Gasteiger partial charge in [0.2, 0.25) is 0 Å². The topological polar surface area (TPSA) is 26.0 Å². The number of rotatable bonds is 2. The van der Waals surface area contributed by atoms with Crippen LogP contribution in [-0.2, 0) is 0 Å². The van der Waals surface area contributed by atoms with E-state index in [9.17, 15) is 8.78 Å². The third kappa shape index (κ3) is 2.62. The van der Waals surface area contributed by atoms with Crippen molar-refractivity contribution in [2.24, 2.45) is 5.73 Å². The van der Waals surface area contributed by atoms with Crippen LogP contribution in [0.3, 0.4) is 0 Å². The number of hydrogen-bond donors (Lipinski definition) is 1. The summed E-state index contributed by atoms with van der Waals surface area (Å²) >= 11 is 5.97. The van der Waals surface area contributed by atoms with Crippen molar-refractivity contribution in [1.29, 1.82) is 0 Å². The number of benzene rings is 2. The van der Waals surface area contributed by atoms with E-state index in [1.165, 1.54) is 18.2 Å². The van der Waals surface area contributed by atoms with Crippen LogP contribution in [0.4, 0.5) is 8.78 Å². The van der Waals surface area contributed by atoms with E-state index in [4.69, 9.17) is 17.3 Å². The molecular formula is C15H14ClF2N. The van der Waals surface area contributed by atoms with Crippen LogP contribution in [0, 0.1) is 25.5 Å². The van der Waals surface area contributed by atoms with Gasteiger partial charge in [0.25, 0.3) is 0 Å². The van der Waals surface area contributed by atoms with Gasteiger partial charge >= 0.3 is 0 Å². The summed E-state index contributed by atoms with van der Waals surface area (Å²) in [4.78, 5) is 0. The highest BCUT2D eigenvalue weighted by atomic mass is 35.5. The van der Waals surface area contributed by atoms with Gasteiger partial charge in [0, 0.05) is 16.1 Å². The fourth-order valence-corrected chi connectivity index (χ4v) is 2.55. The van der Waals surface area contributed by atoms with Crippen LogP contribution in [-0.4, -0.2) is 0 Å². The van der Waals surface area contributed by atoms with Gasteiger partial charge in [0.1, 0.15) is 11.6 Å². The molecule has 4 heteroatoms. The number of aryl methyl sites for hydroxylation is 2. The van der Waals surface area contributed by atoms with Crippen molar-refractivity contribution >= 4 is 11.6 Å². The Morgan fingerprint density at radius 1 is 1.05 bits per heavy atom. The molecule has 2 aromatic carbocycles. The van der Waals surface area contributed by atoms with Crippen molar-refractivity contribution in [3.63, 3.8) is 0 Å². The molecule has 2 N–H and O–H groups in total. The molecule has 0 aliphatic carbocycles. The van der Waals surface area contributed by atoms with Crippen LogP contribution < -0.4 is 5.73 Å². The molecule has 2 aromatic rings. The van der Waals surface area contributed by atoms with E-state index in [0.29, 0.717) is 5.56 Å². The molecule has 2 rings (SSSR count). The smallest absolute Gasteiger partial charge is 0.129 e. The van der Waals surface area contributed by atoms with Crippen LogP contribution in [0.5, 0.6) is 0 Å². The summed E-state index contributed by atoms with van der Waals surface area (Å²) < 4.78 is 27.9. The Kier molecular flexibility index (Phi) is 3.88. The van der Waals surface area contributed by atoms with Crippen molar-refractivity contribution in [1.82, 2.24) is 0 Å². The molecular weight excluding hydrogens is 268 g/mol. The second-order valence-electron chi connectivity index (χ2n) is 4.59. The molecule has 0 spiro atoms. The van der Waals surface area contributed by atoms with Gasteiger partial charge in [0.05, 0.1) is 6.04 Å². The first kappa shape index (κ1) is 14.0. The number of hydrogen-bond acceptors (Lipinski definition) is 1. The van der Waals surface area contributed by atoms with E-state index in [-0.39, 0.29) is 16.1 Å². The molecule has 1 unspecified atom stereocenters. The second-order valence-corrected chi connectivity index (χ2v) is 5.00. The Balaban J connectivity index is 2.60. The predicted molar refractivity (Wildman–Crippen MR) is 73.3 cm³/mol. The van der Waals surface area contributed by atoms with Gasteiger partial charge in [-0.3, -0.25) is 0 Å². The van der Waals surface area contributed by atoms with E-state index in [2.05, 4.69) is 0 Å². The van der Waals surface area contributed by atoms with Crippen LogP contribution in [0.25, 0.3) is 0 Å². The molecule has 0 fully saturated rings. The molecule has 19 heavy (non-hydrogen) atoms. The molecule has 0 aliphatic heterocycles. The lowest BCUT2D eigenvalue weighted by atomic mass is 9.93. The molecule has 0 saturated heterocycles. The summed E-state index contributed by atoms with van der Waals surface area (Å²) in [5.74, 6) is -0.969. The van der Waals surface area contributed by atoms with Gasteiger partial charge in [-0.05, 0) is 43.2 Å². The second kappa shape index (κ2) is 5.27. The Morgan fingerprint density at radius 2 is 1.74 bits per heavy atom. The Bertz CT molecular complexity index is 582. The molecule has 0 aromatic heterocycles. The summed E-state index contributed by atoms with van der Waals surface area (Å²) in [5, 5.41) is 0.201. The average molecular weight is 282 g/mol. The monoisotopic (exact) mass is 281 g/mol. The lowest BCUT2D eigenvalue weighted by Gasteiger charge is -2.18. The third-order valence-corrected chi connectivity index (χ3v) is 3.43. The van der Waals surface area contributed by atoms with Crippen molar-refractivity contribution < 1.29 is 8.78 Å². The fourth-order valence-electron chi connectivity index (χ4n) is 2.27. The van der Waals surface area contributed by atoms with Crippen LogP contribution in [0.1, 0.15) is 28.3 Å². The van der Waals surface area contributed by atoms with Crippen molar-refractivity contribution in [2.75, 3.05) is 0 Å². The Hall–Kier alpha value is -1.45.